The van der Waals surface area contributed by atoms with Gasteiger partial charge in [0, 0.05) is 30.0 Å². The van der Waals surface area contributed by atoms with Crippen molar-refractivity contribution in [3.63, 3.8) is 0 Å². The molecule has 0 radical (unpaired) electrons. The number of nitrogens with one attached hydrogen (secondary N) is 2. The molecule has 3 rings (SSSR count). The van der Waals surface area contributed by atoms with Crippen molar-refractivity contribution in [3.05, 3.63) is 34.3 Å². The fourth-order valence-electron chi connectivity index (χ4n) is 2.46. The number of rotatable bonds is 4. The van der Waals surface area contributed by atoms with Crippen LogP contribution in [0.1, 0.15) is 18.4 Å². The van der Waals surface area contributed by atoms with Gasteiger partial charge in [-0.15, -0.1) is 12.4 Å². The van der Waals surface area contributed by atoms with Crippen LogP contribution >= 0.6 is 28.3 Å². The van der Waals surface area contributed by atoms with Gasteiger partial charge in [-0.25, -0.2) is 0 Å². The first-order valence-corrected chi connectivity index (χ1v) is 7.25. The summed E-state index contributed by atoms with van der Waals surface area (Å²) in [5, 5.41) is 6.33. The van der Waals surface area contributed by atoms with Crippen LogP contribution < -0.4 is 10.6 Å². The molecule has 0 atom stereocenters. The Morgan fingerprint density at radius 3 is 2.68 bits per heavy atom. The van der Waals surface area contributed by atoms with Crippen molar-refractivity contribution in [2.75, 3.05) is 19.6 Å². The van der Waals surface area contributed by atoms with Crippen LogP contribution in [0.15, 0.2) is 28.7 Å². The molecular formula is C14H18BrClN2O. The third-order valence-electron chi connectivity index (χ3n) is 3.98. The molecule has 104 valence electrons. The van der Waals surface area contributed by atoms with Crippen molar-refractivity contribution in [2.45, 2.75) is 18.3 Å². The molecule has 0 spiro atoms. The molecule has 1 saturated carbocycles. The van der Waals surface area contributed by atoms with E-state index in [2.05, 4.69) is 38.7 Å². The second kappa shape index (κ2) is 5.81. The first kappa shape index (κ1) is 14.8. The molecule has 5 heteroatoms. The highest BCUT2D eigenvalue weighted by Gasteiger charge is 2.51. The zero-order valence-electron chi connectivity index (χ0n) is 10.6. The summed E-state index contributed by atoms with van der Waals surface area (Å²) >= 11 is 3.47. The molecule has 1 heterocycles. The lowest BCUT2D eigenvalue weighted by Crippen LogP contribution is -2.49. The number of hydrogen-bond acceptors (Lipinski definition) is 2. The van der Waals surface area contributed by atoms with Gasteiger partial charge < -0.3 is 10.6 Å². The van der Waals surface area contributed by atoms with Crippen molar-refractivity contribution < 1.29 is 4.79 Å². The molecule has 0 unspecified atom stereocenters. The molecule has 1 saturated heterocycles. The predicted octanol–water partition coefficient (Wildman–Crippen LogP) is 2.24. The van der Waals surface area contributed by atoms with Gasteiger partial charge in [0.05, 0.1) is 5.41 Å². The van der Waals surface area contributed by atoms with Crippen molar-refractivity contribution >= 4 is 34.2 Å². The van der Waals surface area contributed by atoms with Crippen molar-refractivity contribution in [1.82, 2.24) is 10.6 Å². The molecule has 1 aliphatic carbocycles. The van der Waals surface area contributed by atoms with Crippen LogP contribution in [-0.4, -0.2) is 25.5 Å². The third-order valence-corrected chi connectivity index (χ3v) is 4.47. The Morgan fingerprint density at radius 2 is 2.16 bits per heavy atom. The highest BCUT2D eigenvalue weighted by Crippen LogP contribution is 2.48. The molecule has 0 bridgehead atoms. The minimum absolute atomic E-state index is 0. The van der Waals surface area contributed by atoms with E-state index in [1.165, 1.54) is 0 Å². The van der Waals surface area contributed by atoms with E-state index < -0.39 is 0 Å². The highest BCUT2D eigenvalue weighted by atomic mass is 79.9. The van der Waals surface area contributed by atoms with Crippen LogP contribution in [0.4, 0.5) is 0 Å². The summed E-state index contributed by atoms with van der Waals surface area (Å²) in [5.74, 6) is 0.819. The number of amides is 1. The number of halogens is 2. The maximum atomic E-state index is 12.3. The van der Waals surface area contributed by atoms with Gasteiger partial charge in [0.1, 0.15) is 0 Å². The van der Waals surface area contributed by atoms with Gasteiger partial charge in [0.25, 0.3) is 0 Å². The summed E-state index contributed by atoms with van der Waals surface area (Å²) < 4.78 is 1.04. The summed E-state index contributed by atoms with van der Waals surface area (Å²) in [7, 11) is 0. The van der Waals surface area contributed by atoms with E-state index in [9.17, 15) is 4.79 Å². The maximum Gasteiger partial charge on any atom is 0.230 e. The lowest BCUT2D eigenvalue weighted by atomic mass is 9.94. The van der Waals surface area contributed by atoms with Crippen LogP contribution in [0, 0.1) is 5.92 Å². The van der Waals surface area contributed by atoms with E-state index in [0.717, 1.165) is 42.5 Å². The number of hydrogen-bond donors (Lipinski definition) is 2. The molecule has 19 heavy (non-hydrogen) atoms. The van der Waals surface area contributed by atoms with Crippen LogP contribution in [0.25, 0.3) is 0 Å². The first-order chi connectivity index (χ1) is 8.71. The van der Waals surface area contributed by atoms with Crippen molar-refractivity contribution in [1.29, 1.82) is 0 Å². The number of carbonyl (C=O) groups excluding carboxylic acids is 1. The largest absolute Gasteiger partial charge is 0.355 e. The van der Waals surface area contributed by atoms with E-state index >= 15 is 0 Å². The van der Waals surface area contributed by atoms with Gasteiger partial charge >= 0.3 is 0 Å². The Hall–Kier alpha value is -0.580. The van der Waals surface area contributed by atoms with Gasteiger partial charge in [0.2, 0.25) is 5.91 Å². The molecule has 1 aromatic rings. The zero-order chi connectivity index (χ0) is 12.6. The molecule has 1 amide bonds. The Labute approximate surface area is 128 Å². The lowest BCUT2D eigenvalue weighted by molar-refractivity contribution is -0.123. The molecule has 2 fully saturated rings. The summed E-state index contributed by atoms with van der Waals surface area (Å²) in [6.45, 7) is 2.87. The van der Waals surface area contributed by atoms with Crippen molar-refractivity contribution in [2.24, 2.45) is 5.92 Å². The van der Waals surface area contributed by atoms with Crippen molar-refractivity contribution in [3.8, 4) is 0 Å². The molecule has 0 aromatic heterocycles. The van der Waals surface area contributed by atoms with E-state index in [1.54, 1.807) is 0 Å². The van der Waals surface area contributed by atoms with Gasteiger partial charge in [-0.2, -0.15) is 0 Å². The molecule has 1 aliphatic heterocycles. The standard InChI is InChI=1S/C14H17BrN2O.ClH/c15-12-3-1-2-11(6-12)14(4-5-14)13(18)17-9-10-7-16-8-10;/h1-3,6,10,16H,4-5,7-9H2,(H,17,18);1H. The molecule has 3 nitrogen and oxygen atoms in total. The Kier molecular flexibility index (Phi) is 4.54. The van der Waals surface area contributed by atoms with Crippen LogP contribution in [0.2, 0.25) is 0 Å². The van der Waals surface area contributed by atoms with Gasteiger partial charge in [-0.1, -0.05) is 28.1 Å². The van der Waals surface area contributed by atoms with Crippen LogP contribution in [0.3, 0.4) is 0 Å². The second-order valence-electron chi connectivity index (χ2n) is 5.33. The van der Waals surface area contributed by atoms with E-state index in [1.807, 2.05) is 12.1 Å². The summed E-state index contributed by atoms with van der Waals surface area (Å²) in [5.41, 5.74) is 0.891. The fraction of sp³-hybridized carbons (Fsp3) is 0.500. The normalized spacial score (nSPS) is 20.1. The molecule has 2 N–H and O–H groups in total. The average molecular weight is 346 g/mol. The minimum atomic E-state index is -0.249. The lowest BCUT2D eigenvalue weighted by Gasteiger charge is -2.28. The molecular weight excluding hydrogens is 328 g/mol. The average Bonchev–Trinajstić information content (AvgIpc) is 3.08. The van der Waals surface area contributed by atoms with Crippen LogP contribution in [-0.2, 0) is 10.2 Å². The highest BCUT2D eigenvalue weighted by molar-refractivity contribution is 9.10. The number of carbonyl (C=O) groups is 1. The second-order valence-corrected chi connectivity index (χ2v) is 6.24. The summed E-state index contributed by atoms with van der Waals surface area (Å²) in [6.07, 6.45) is 1.94. The monoisotopic (exact) mass is 344 g/mol. The summed E-state index contributed by atoms with van der Waals surface area (Å²) in [6, 6.07) is 8.12. The first-order valence-electron chi connectivity index (χ1n) is 6.46. The number of benzene rings is 1. The minimum Gasteiger partial charge on any atom is -0.355 e. The van der Waals surface area contributed by atoms with Crippen LogP contribution in [0.5, 0.6) is 0 Å². The molecule has 2 aliphatic rings. The Morgan fingerprint density at radius 1 is 1.42 bits per heavy atom. The van der Waals surface area contributed by atoms with Gasteiger partial charge in [0.15, 0.2) is 0 Å². The van der Waals surface area contributed by atoms with E-state index in [-0.39, 0.29) is 23.7 Å². The zero-order valence-corrected chi connectivity index (χ0v) is 13.0. The summed E-state index contributed by atoms with van der Waals surface area (Å²) in [4.78, 5) is 12.3. The quantitative estimate of drug-likeness (QED) is 0.879. The predicted molar refractivity (Wildman–Crippen MR) is 81.7 cm³/mol. The maximum absolute atomic E-state index is 12.3. The Balaban J connectivity index is 0.00000133. The third kappa shape index (κ3) is 2.96. The van der Waals surface area contributed by atoms with Gasteiger partial charge in [-0.05, 0) is 30.5 Å². The fourth-order valence-corrected chi connectivity index (χ4v) is 2.86. The SMILES string of the molecule is Cl.O=C(NCC1CNC1)C1(c2cccc(Br)c2)CC1. The van der Waals surface area contributed by atoms with Gasteiger partial charge in [-0.3, -0.25) is 4.79 Å². The smallest absolute Gasteiger partial charge is 0.230 e. The molecule has 1 aromatic carbocycles. The topological polar surface area (TPSA) is 41.1 Å². The Bertz CT molecular complexity index is 472. The van der Waals surface area contributed by atoms with E-state index in [0.29, 0.717) is 5.92 Å². The van der Waals surface area contributed by atoms with E-state index in [4.69, 9.17) is 0 Å².